The molecule has 0 spiro atoms. The molecule has 0 saturated heterocycles. The van der Waals surface area contributed by atoms with E-state index in [1.165, 1.54) is 30.3 Å². The molecule has 1 heterocycles. The molecule has 0 radical (unpaired) electrons. The minimum absolute atomic E-state index is 0.0653. The van der Waals surface area contributed by atoms with E-state index in [-0.39, 0.29) is 5.41 Å². The summed E-state index contributed by atoms with van der Waals surface area (Å²) in [6.45, 7) is 0.616. The van der Waals surface area contributed by atoms with Crippen LogP contribution in [0.2, 0.25) is 0 Å². The number of thiol groups is 1. The molecule has 0 bridgehead atoms. The summed E-state index contributed by atoms with van der Waals surface area (Å²) in [4.78, 5) is 23.7. The highest BCUT2D eigenvalue weighted by molar-refractivity contribution is 7.80. The van der Waals surface area contributed by atoms with Gasteiger partial charge in [-0.05, 0) is 24.0 Å². The van der Waals surface area contributed by atoms with Crippen molar-refractivity contribution in [3.05, 3.63) is 33.1 Å². The van der Waals surface area contributed by atoms with Gasteiger partial charge in [0.05, 0.1) is 0 Å². The molecule has 1 aliphatic rings. The van der Waals surface area contributed by atoms with E-state index in [0.29, 0.717) is 6.54 Å². The highest BCUT2D eigenvalue weighted by Gasteiger charge is 2.30. The maximum absolute atomic E-state index is 12.0. The third-order valence-electron chi connectivity index (χ3n) is 4.24. The normalized spacial score (nSPS) is 19.1. The van der Waals surface area contributed by atoms with Crippen LogP contribution in [0, 0.1) is 5.41 Å². The van der Waals surface area contributed by atoms with Crippen LogP contribution in [-0.4, -0.2) is 14.9 Å². The van der Waals surface area contributed by atoms with E-state index >= 15 is 0 Å². The Bertz CT molecular complexity index is 539. The first-order valence-corrected chi connectivity index (χ1v) is 7.58. The first kappa shape index (κ1) is 14.4. The Kier molecular flexibility index (Phi) is 4.55. The van der Waals surface area contributed by atoms with Crippen LogP contribution < -0.4 is 11.1 Å². The largest absolute Gasteiger partial charge is 0.316 e. The van der Waals surface area contributed by atoms with Crippen LogP contribution in [0.15, 0.2) is 22.0 Å². The molecule has 0 unspecified atom stereocenters. The van der Waals surface area contributed by atoms with E-state index in [1.54, 1.807) is 24.0 Å². The second-order valence-electron chi connectivity index (χ2n) is 5.72. The van der Waals surface area contributed by atoms with Crippen LogP contribution in [-0.2, 0) is 13.6 Å². The minimum atomic E-state index is -0.453. The Hall–Kier alpha value is -0.970. The van der Waals surface area contributed by atoms with Crippen molar-refractivity contribution in [3.63, 3.8) is 0 Å². The summed E-state index contributed by atoms with van der Waals surface area (Å²) in [6.07, 6.45) is 10.5. The van der Waals surface area contributed by atoms with E-state index in [0.717, 1.165) is 18.6 Å². The standard InChI is InChI=1S/C14H22N2O2S/c1-15-8-9-16(13(18)12(15)17)10-14(11-19)6-4-2-3-5-7-14/h8-9,19H,2-7,10-11H2,1H3. The first-order valence-electron chi connectivity index (χ1n) is 6.95. The van der Waals surface area contributed by atoms with Crippen molar-refractivity contribution in [2.45, 2.75) is 45.1 Å². The summed E-state index contributed by atoms with van der Waals surface area (Å²) in [5.41, 5.74) is -0.809. The quantitative estimate of drug-likeness (QED) is 0.522. The monoisotopic (exact) mass is 282 g/mol. The van der Waals surface area contributed by atoms with E-state index in [9.17, 15) is 9.59 Å². The SMILES string of the molecule is Cn1ccn(CC2(CS)CCCCCC2)c(=O)c1=O. The highest BCUT2D eigenvalue weighted by Crippen LogP contribution is 2.37. The maximum Gasteiger partial charge on any atom is 0.316 e. The molecule has 0 aromatic carbocycles. The molecule has 4 nitrogen and oxygen atoms in total. The number of hydrogen-bond donors (Lipinski definition) is 1. The van der Waals surface area contributed by atoms with Crippen molar-refractivity contribution in [1.29, 1.82) is 0 Å². The lowest BCUT2D eigenvalue weighted by Gasteiger charge is -2.31. The van der Waals surface area contributed by atoms with E-state index in [2.05, 4.69) is 12.6 Å². The molecule has 1 aliphatic carbocycles. The van der Waals surface area contributed by atoms with Gasteiger partial charge in [0.2, 0.25) is 0 Å². The zero-order valence-corrected chi connectivity index (χ0v) is 12.4. The van der Waals surface area contributed by atoms with Gasteiger partial charge in [0.1, 0.15) is 0 Å². The van der Waals surface area contributed by atoms with Gasteiger partial charge >= 0.3 is 11.1 Å². The average molecular weight is 282 g/mol. The predicted octanol–water partition coefficient (Wildman–Crippen LogP) is 1.82. The van der Waals surface area contributed by atoms with Gasteiger partial charge in [-0.3, -0.25) is 9.59 Å². The summed E-state index contributed by atoms with van der Waals surface area (Å²) in [5, 5.41) is 0. The third-order valence-corrected chi connectivity index (χ3v) is 4.91. The summed E-state index contributed by atoms with van der Waals surface area (Å²) >= 11 is 4.51. The van der Waals surface area contributed by atoms with Gasteiger partial charge in [0, 0.05) is 26.0 Å². The molecule has 2 rings (SSSR count). The van der Waals surface area contributed by atoms with Crippen molar-refractivity contribution in [2.24, 2.45) is 12.5 Å². The zero-order chi connectivity index (χ0) is 13.9. The summed E-state index contributed by atoms with van der Waals surface area (Å²) in [5.74, 6) is 0.772. The molecule has 0 atom stereocenters. The van der Waals surface area contributed by atoms with Crippen molar-refractivity contribution in [2.75, 3.05) is 5.75 Å². The molecule has 1 saturated carbocycles. The zero-order valence-electron chi connectivity index (χ0n) is 11.5. The second kappa shape index (κ2) is 5.99. The van der Waals surface area contributed by atoms with E-state index in [4.69, 9.17) is 0 Å². The van der Waals surface area contributed by atoms with Crippen LogP contribution in [0.4, 0.5) is 0 Å². The van der Waals surface area contributed by atoms with Gasteiger partial charge in [0.25, 0.3) is 0 Å². The van der Waals surface area contributed by atoms with Gasteiger partial charge in [-0.15, -0.1) is 0 Å². The maximum atomic E-state index is 12.0. The smallest absolute Gasteiger partial charge is 0.312 e. The lowest BCUT2D eigenvalue weighted by Crippen LogP contribution is -2.43. The van der Waals surface area contributed by atoms with Crippen LogP contribution >= 0.6 is 12.6 Å². The number of hydrogen-bond acceptors (Lipinski definition) is 3. The Morgan fingerprint density at radius 1 is 1.11 bits per heavy atom. The number of rotatable bonds is 3. The summed E-state index contributed by atoms with van der Waals surface area (Å²) < 4.78 is 2.91. The van der Waals surface area contributed by atoms with Crippen LogP contribution in [0.5, 0.6) is 0 Å². The van der Waals surface area contributed by atoms with Gasteiger partial charge in [-0.25, -0.2) is 0 Å². The summed E-state index contributed by atoms with van der Waals surface area (Å²) in [7, 11) is 1.61. The summed E-state index contributed by atoms with van der Waals surface area (Å²) in [6, 6.07) is 0. The fourth-order valence-corrected chi connectivity index (χ4v) is 3.34. The lowest BCUT2D eigenvalue weighted by atomic mass is 9.82. The molecule has 1 aromatic rings. The topological polar surface area (TPSA) is 44.0 Å². The lowest BCUT2D eigenvalue weighted by molar-refractivity contribution is 0.237. The van der Waals surface area contributed by atoms with E-state index in [1.807, 2.05) is 0 Å². The molecule has 0 amide bonds. The van der Waals surface area contributed by atoms with Gasteiger partial charge in [0.15, 0.2) is 0 Å². The van der Waals surface area contributed by atoms with Crippen molar-refractivity contribution < 1.29 is 0 Å². The Balaban J connectivity index is 2.30. The minimum Gasteiger partial charge on any atom is -0.312 e. The Morgan fingerprint density at radius 2 is 1.74 bits per heavy atom. The molecule has 0 aliphatic heterocycles. The Labute approximate surface area is 118 Å². The number of aromatic nitrogens is 2. The Morgan fingerprint density at radius 3 is 2.32 bits per heavy atom. The van der Waals surface area contributed by atoms with Crippen molar-refractivity contribution in [1.82, 2.24) is 9.13 Å². The van der Waals surface area contributed by atoms with Crippen LogP contribution in [0.3, 0.4) is 0 Å². The molecule has 1 fully saturated rings. The molecule has 0 N–H and O–H groups in total. The molecular formula is C14H22N2O2S. The fourth-order valence-electron chi connectivity index (χ4n) is 2.92. The van der Waals surface area contributed by atoms with Crippen molar-refractivity contribution >= 4 is 12.6 Å². The first-order chi connectivity index (χ1) is 9.08. The average Bonchev–Trinajstić information content (AvgIpc) is 2.66. The second-order valence-corrected chi connectivity index (χ2v) is 6.04. The van der Waals surface area contributed by atoms with Gasteiger partial charge in [-0.1, -0.05) is 25.7 Å². The van der Waals surface area contributed by atoms with Gasteiger partial charge in [-0.2, -0.15) is 12.6 Å². The molecule has 1 aromatic heterocycles. The number of nitrogens with zero attached hydrogens (tertiary/aromatic N) is 2. The molecule has 19 heavy (non-hydrogen) atoms. The molecule has 5 heteroatoms. The van der Waals surface area contributed by atoms with E-state index < -0.39 is 11.1 Å². The van der Waals surface area contributed by atoms with Crippen LogP contribution in [0.25, 0.3) is 0 Å². The highest BCUT2D eigenvalue weighted by atomic mass is 32.1. The predicted molar refractivity (Wildman–Crippen MR) is 79.9 cm³/mol. The third kappa shape index (κ3) is 3.14. The molecule has 106 valence electrons. The van der Waals surface area contributed by atoms with Crippen LogP contribution in [0.1, 0.15) is 38.5 Å². The van der Waals surface area contributed by atoms with Gasteiger partial charge < -0.3 is 9.13 Å². The van der Waals surface area contributed by atoms with Crippen molar-refractivity contribution in [3.8, 4) is 0 Å². The number of aryl methyl sites for hydroxylation is 1. The fraction of sp³-hybridized carbons (Fsp3) is 0.714. The molecular weight excluding hydrogens is 260 g/mol.